The van der Waals surface area contributed by atoms with Crippen molar-refractivity contribution in [3.63, 3.8) is 0 Å². The number of methoxy groups -OCH3 is 1. The number of aromatic nitrogens is 1. The van der Waals surface area contributed by atoms with Gasteiger partial charge in [0.05, 0.1) is 12.7 Å². The third-order valence-corrected chi connectivity index (χ3v) is 1.99. The van der Waals surface area contributed by atoms with Crippen LogP contribution in [-0.2, 0) is 4.74 Å². The number of benzene rings is 1. The van der Waals surface area contributed by atoms with Gasteiger partial charge < -0.3 is 9.72 Å². The van der Waals surface area contributed by atoms with Crippen LogP contribution in [0.1, 0.15) is 10.4 Å². The van der Waals surface area contributed by atoms with E-state index in [1.54, 1.807) is 12.1 Å². The van der Waals surface area contributed by atoms with Crippen LogP contribution in [0.4, 0.5) is 0 Å². The molecule has 2 rings (SSSR count). The summed E-state index contributed by atoms with van der Waals surface area (Å²) in [6.07, 6.45) is 3.73. The lowest BCUT2D eigenvalue weighted by molar-refractivity contribution is 0.0601. The van der Waals surface area contributed by atoms with Crippen molar-refractivity contribution in [3.8, 4) is 0 Å². The van der Waals surface area contributed by atoms with Crippen LogP contribution in [0.5, 0.6) is 0 Å². The molecule has 1 N–H and O–H groups in total. The molecule has 66 valence electrons. The van der Waals surface area contributed by atoms with E-state index in [0.717, 1.165) is 10.8 Å². The second-order valence-corrected chi connectivity index (χ2v) is 2.79. The number of aromatic amines is 1. The molecule has 0 amide bonds. The molecule has 0 aliphatic heterocycles. The second kappa shape index (κ2) is 2.94. The van der Waals surface area contributed by atoms with Gasteiger partial charge in [-0.2, -0.15) is 0 Å². The highest BCUT2D eigenvalue weighted by atomic mass is 16.5. The van der Waals surface area contributed by atoms with Gasteiger partial charge in [0.1, 0.15) is 0 Å². The zero-order valence-electron chi connectivity index (χ0n) is 7.20. The van der Waals surface area contributed by atoms with Gasteiger partial charge in [-0.15, -0.1) is 0 Å². The maximum atomic E-state index is 11.1. The van der Waals surface area contributed by atoms with E-state index in [-0.39, 0.29) is 5.97 Å². The van der Waals surface area contributed by atoms with Gasteiger partial charge in [0.2, 0.25) is 0 Å². The average Bonchev–Trinajstić information content (AvgIpc) is 2.63. The summed E-state index contributed by atoms with van der Waals surface area (Å²) in [4.78, 5) is 14.1. The van der Waals surface area contributed by atoms with E-state index >= 15 is 0 Å². The van der Waals surface area contributed by atoms with Crippen molar-refractivity contribution in [2.24, 2.45) is 0 Å². The van der Waals surface area contributed by atoms with Crippen LogP contribution in [0.25, 0.3) is 10.8 Å². The van der Waals surface area contributed by atoms with Crippen LogP contribution in [0, 0.1) is 0 Å². The summed E-state index contributed by atoms with van der Waals surface area (Å²) in [6.45, 7) is 0. The Morgan fingerprint density at radius 1 is 1.31 bits per heavy atom. The van der Waals surface area contributed by atoms with Crippen LogP contribution in [0.3, 0.4) is 0 Å². The topological polar surface area (TPSA) is 42.1 Å². The molecule has 0 atom stereocenters. The molecule has 0 aliphatic rings. The van der Waals surface area contributed by atoms with Crippen molar-refractivity contribution in [1.82, 2.24) is 4.98 Å². The van der Waals surface area contributed by atoms with Crippen LogP contribution in [0.2, 0.25) is 0 Å². The molecule has 0 unspecified atom stereocenters. The van der Waals surface area contributed by atoms with Gasteiger partial charge >= 0.3 is 5.97 Å². The lowest BCUT2D eigenvalue weighted by atomic mass is 10.1. The van der Waals surface area contributed by atoms with Crippen molar-refractivity contribution in [1.29, 1.82) is 0 Å². The molecule has 0 spiro atoms. The molecule has 1 aromatic heterocycles. The predicted molar refractivity (Wildman–Crippen MR) is 49.6 cm³/mol. The molecule has 0 saturated heterocycles. The molecule has 0 aliphatic carbocycles. The molecular formula is C10H9NO2. The van der Waals surface area contributed by atoms with E-state index in [1.807, 2.05) is 18.5 Å². The largest absolute Gasteiger partial charge is 0.465 e. The normalized spacial score (nSPS) is 10.2. The Balaban J connectivity index is 2.54. The first-order chi connectivity index (χ1) is 6.31. The predicted octanol–water partition coefficient (Wildman–Crippen LogP) is 1.95. The average molecular weight is 175 g/mol. The molecular weight excluding hydrogens is 166 g/mol. The maximum Gasteiger partial charge on any atom is 0.337 e. The van der Waals surface area contributed by atoms with Gasteiger partial charge in [0.15, 0.2) is 0 Å². The summed E-state index contributed by atoms with van der Waals surface area (Å²) in [5, 5.41) is 2.11. The van der Waals surface area contributed by atoms with Crippen LogP contribution in [-0.4, -0.2) is 18.1 Å². The summed E-state index contributed by atoms with van der Waals surface area (Å²) in [5.74, 6) is -0.303. The first-order valence-corrected chi connectivity index (χ1v) is 3.96. The Kier molecular flexibility index (Phi) is 1.77. The van der Waals surface area contributed by atoms with Gasteiger partial charge in [-0.3, -0.25) is 0 Å². The third-order valence-electron chi connectivity index (χ3n) is 1.99. The number of H-pyrrole nitrogens is 1. The SMILES string of the molecule is COC(=O)c1ccc2c[nH]cc2c1. The summed E-state index contributed by atoms with van der Waals surface area (Å²) in [6, 6.07) is 5.44. The fourth-order valence-electron chi connectivity index (χ4n) is 1.30. The molecule has 13 heavy (non-hydrogen) atoms. The van der Waals surface area contributed by atoms with Crippen molar-refractivity contribution in [3.05, 3.63) is 36.2 Å². The highest BCUT2D eigenvalue weighted by molar-refractivity contribution is 5.95. The maximum absolute atomic E-state index is 11.1. The highest BCUT2D eigenvalue weighted by Crippen LogP contribution is 2.15. The number of fused-ring (bicyclic) bond motifs is 1. The number of hydrogen-bond donors (Lipinski definition) is 1. The van der Waals surface area contributed by atoms with Gasteiger partial charge in [0, 0.05) is 12.4 Å². The Morgan fingerprint density at radius 2 is 2.08 bits per heavy atom. The van der Waals surface area contributed by atoms with Gasteiger partial charge in [-0.25, -0.2) is 4.79 Å². The molecule has 0 radical (unpaired) electrons. The first kappa shape index (κ1) is 7.86. The zero-order chi connectivity index (χ0) is 9.26. The zero-order valence-corrected chi connectivity index (χ0v) is 7.20. The standard InChI is InChI=1S/C10H9NO2/c1-13-10(12)7-2-3-8-5-11-6-9(8)4-7/h2-6,11H,1H3. The third kappa shape index (κ3) is 1.28. The molecule has 3 heteroatoms. The van der Waals surface area contributed by atoms with Crippen molar-refractivity contribution >= 4 is 16.7 Å². The number of nitrogens with one attached hydrogen (secondary N) is 1. The van der Waals surface area contributed by atoms with Gasteiger partial charge in [0.25, 0.3) is 0 Å². The van der Waals surface area contributed by atoms with Crippen LogP contribution < -0.4 is 0 Å². The number of ether oxygens (including phenoxy) is 1. The van der Waals surface area contributed by atoms with Crippen molar-refractivity contribution in [2.45, 2.75) is 0 Å². The van der Waals surface area contributed by atoms with Gasteiger partial charge in [-0.1, -0.05) is 6.07 Å². The Bertz CT molecular complexity index is 445. The minimum absolute atomic E-state index is 0.303. The number of esters is 1. The Morgan fingerprint density at radius 3 is 2.85 bits per heavy atom. The quantitative estimate of drug-likeness (QED) is 0.673. The van der Waals surface area contributed by atoms with E-state index < -0.39 is 0 Å². The molecule has 0 saturated carbocycles. The molecule has 1 heterocycles. The van der Waals surface area contributed by atoms with E-state index in [2.05, 4.69) is 9.72 Å². The monoisotopic (exact) mass is 175 g/mol. The Labute approximate surface area is 75.3 Å². The molecule has 0 fully saturated rings. The van der Waals surface area contributed by atoms with E-state index in [9.17, 15) is 4.79 Å². The molecule has 0 bridgehead atoms. The fraction of sp³-hybridized carbons (Fsp3) is 0.100. The van der Waals surface area contributed by atoms with E-state index in [4.69, 9.17) is 0 Å². The number of carbonyl (C=O) groups excluding carboxylic acids is 1. The molecule has 2 aromatic rings. The lowest BCUT2D eigenvalue weighted by Crippen LogP contribution is -1.99. The highest BCUT2D eigenvalue weighted by Gasteiger charge is 2.05. The fourth-order valence-corrected chi connectivity index (χ4v) is 1.30. The van der Waals surface area contributed by atoms with Crippen LogP contribution >= 0.6 is 0 Å². The minimum Gasteiger partial charge on any atom is -0.465 e. The number of rotatable bonds is 1. The lowest BCUT2D eigenvalue weighted by Gasteiger charge is -1.97. The van der Waals surface area contributed by atoms with Crippen molar-refractivity contribution in [2.75, 3.05) is 7.11 Å². The molecule has 3 nitrogen and oxygen atoms in total. The number of hydrogen-bond acceptors (Lipinski definition) is 2. The van der Waals surface area contributed by atoms with E-state index in [1.165, 1.54) is 7.11 Å². The smallest absolute Gasteiger partial charge is 0.337 e. The summed E-state index contributed by atoms with van der Waals surface area (Å²) >= 11 is 0. The minimum atomic E-state index is -0.303. The van der Waals surface area contributed by atoms with Gasteiger partial charge in [-0.05, 0) is 22.9 Å². The van der Waals surface area contributed by atoms with Crippen LogP contribution in [0.15, 0.2) is 30.6 Å². The molecule has 1 aromatic carbocycles. The van der Waals surface area contributed by atoms with E-state index in [0.29, 0.717) is 5.56 Å². The first-order valence-electron chi connectivity index (χ1n) is 3.96. The number of carbonyl (C=O) groups is 1. The second-order valence-electron chi connectivity index (χ2n) is 2.79. The summed E-state index contributed by atoms with van der Waals surface area (Å²) in [7, 11) is 1.38. The summed E-state index contributed by atoms with van der Waals surface area (Å²) < 4.78 is 4.61. The summed E-state index contributed by atoms with van der Waals surface area (Å²) in [5.41, 5.74) is 0.578. The van der Waals surface area contributed by atoms with Crippen molar-refractivity contribution < 1.29 is 9.53 Å². The Hall–Kier alpha value is -1.77.